The van der Waals surface area contributed by atoms with E-state index in [1.165, 1.54) is 10.8 Å². The number of nitrogens with zero attached hydrogens (tertiary/aromatic N) is 7. The quantitative estimate of drug-likeness (QED) is 0.247. The van der Waals surface area contributed by atoms with Crippen molar-refractivity contribution in [2.75, 3.05) is 12.0 Å². The number of aryl methyl sites for hydroxylation is 1. The second-order valence-corrected chi connectivity index (χ2v) is 9.05. The lowest BCUT2D eigenvalue weighted by molar-refractivity contribution is 0.0526. The average molecular weight is 545 g/mol. The van der Waals surface area contributed by atoms with Crippen molar-refractivity contribution in [1.82, 2.24) is 29.4 Å². The smallest absolute Gasteiger partial charge is 0.338 e. The van der Waals surface area contributed by atoms with Gasteiger partial charge in [0.15, 0.2) is 16.7 Å². The molecule has 3 heterocycles. The van der Waals surface area contributed by atoms with E-state index in [9.17, 15) is 9.59 Å². The van der Waals surface area contributed by atoms with Crippen LogP contribution in [-0.2, 0) is 4.74 Å². The molecule has 3 aromatic carbocycles. The molecule has 0 saturated carbocycles. The molecule has 0 fully saturated rings. The molecule has 11 nitrogen and oxygen atoms in total. The maximum Gasteiger partial charge on any atom is 0.338 e. The number of aromatic nitrogens is 6. The third-order valence-electron chi connectivity index (χ3n) is 6.34. The summed E-state index contributed by atoms with van der Waals surface area (Å²) in [6.07, 6.45) is 1.51. The van der Waals surface area contributed by atoms with Crippen molar-refractivity contribution < 1.29 is 9.53 Å². The number of benzene rings is 3. The van der Waals surface area contributed by atoms with Crippen LogP contribution >= 0.6 is 0 Å². The molecule has 1 N–H and O–H groups in total. The fraction of sp³-hybridized carbons (Fsp3) is 0.100. The Morgan fingerprint density at radius 2 is 1.63 bits per heavy atom. The van der Waals surface area contributed by atoms with E-state index in [1.54, 1.807) is 42.8 Å². The Bertz CT molecular complexity index is 2020. The van der Waals surface area contributed by atoms with Crippen LogP contribution in [-0.4, -0.2) is 41.9 Å². The summed E-state index contributed by atoms with van der Waals surface area (Å²) in [5, 5.41) is 14.4. The molecule has 0 saturated heterocycles. The van der Waals surface area contributed by atoms with Gasteiger partial charge in [-0.1, -0.05) is 48.5 Å². The third-order valence-corrected chi connectivity index (χ3v) is 6.34. The van der Waals surface area contributed by atoms with E-state index >= 15 is 0 Å². The van der Waals surface area contributed by atoms with Crippen molar-refractivity contribution in [3.63, 3.8) is 0 Å². The van der Waals surface area contributed by atoms with Gasteiger partial charge >= 0.3 is 11.5 Å². The van der Waals surface area contributed by atoms with E-state index in [0.29, 0.717) is 45.9 Å². The van der Waals surface area contributed by atoms with Crippen molar-refractivity contribution in [2.45, 2.75) is 13.8 Å². The lowest BCUT2D eigenvalue weighted by Gasteiger charge is -2.03. The summed E-state index contributed by atoms with van der Waals surface area (Å²) in [5.74, 6) is -0.411. The van der Waals surface area contributed by atoms with Gasteiger partial charge in [0.05, 0.1) is 34.6 Å². The largest absolute Gasteiger partial charge is 0.462 e. The molecule has 0 spiro atoms. The van der Waals surface area contributed by atoms with Crippen molar-refractivity contribution in [1.29, 1.82) is 0 Å². The van der Waals surface area contributed by atoms with Crippen LogP contribution in [0.5, 0.6) is 0 Å². The summed E-state index contributed by atoms with van der Waals surface area (Å²) < 4.78 is 8.22. The van der Waals surface area contributed by atoms with Gasteiger partial charge in [-0.15, -0.1) is 0 Å². The molecular formula is C30H24N8O3. The standard InChI is InChI=1S/C30H24N8O3/c1-3-41-30(40)21-14-16-22(17-15-21)33-34-25-19(2)35-37-18-31-27-24(28(37)32-29(25)39)26(20-10-6-4-7-11-20)36-38(27)23-12-8-5-9-13-23/h4-18,33H,3H2,1-2H3/b34-25-. The van der Waals surface area contributed by atoms with Crippen LogP contribution in [0.3, 0.4) is 0 Å². The lowest BCUT2D eigenvalue weighted by atomic mass is 10.1. The first kappa shape index (κ1) is 25.6. The van der Waals surface area contributed by atoms with Crippen LogP contribution < -0.4 is 16.3 Å². The molecular weight excluding hydrogens is 520 g/mol. The number of fused-ring (bicyclic) bond motifs is 3. The third kappa shape index (κ3) is 4.91. The first-order valence-corrected chi connectivity index (χ1v) is 12.9. The first-order valence-electron chi connectivity index (χ1n) is 12.9. The molecule has 0 unspecified atom stereocenters. The number of nitrogens with one attached hydrogen (secondary N) is 1. The Hall–Kier alpha value is -5.71. The number of carbonyl (C=O) groups excluding carboxylic acids is 1. The Morgan fingerprint density at radius 3 is 2.34 bits per heavy atom. The summed E-state index contributed by atoms with van der Waals surface area (Å²) in [6.45, 7) is 3.71. The molecule has 0 bridgehead atoms. The number of rotatable bonds is 6. The van der Waals surface area contributed by atoms with Crippen molar-refractivity contribution >= 4 is 28.3 Å². The van der Waals surface area contributed by atoms with Crippen LogP contribution in [0.2, 0.25) is 0 Å². The number of ether oxygens (including phenoxy) is 1. The van der Waals surface area contributed by atoms with Crippen molar-refractivity contribution in [3.8, 4) is 16.9 Å². The van der Waals surface area contributed by atoms with Gasteiger partial charge in [-0.2, -0.15) is 20.3 Å². The number of anilines is 1. The van der Waals surface area contributed by atoms with E-state index in [-0.39, 0.29) is 5.36 Å². The van der Waals surface area contributed by atoms with Gasteiger partial charge in [0.25, 0.3) is 0 Å². The van der Waals surface area contributed by atoms with Gasteiger partial charge in [-0.3, -0.25) is 10.2 Å². The van der Waals surface area contributed by atoms with E-state index in [4.69, 9.17) is 9.84 Å². The molecule has 202 valence electrons. The molecule has 0 amide bonds. The van der Waals surface area contributed by atoms with Gasteiger partial charge in [0.1, 0.15) is 12.0 Å². The number of esters is 1. The molecule has 0 atom stereocenters. The molecule has 11 heteroatoms. The predicted octanol–water partition coefficient (Wildman–Crippen LogP) is 3.90. The summed E-state index contributed by atoms with van der Waals surface area (Å²) in [4.78, 5) is 34.5. The maximum atomic E-state index is 13.5. The summed E-state index contributed by atoms with van der Waals surface area (Å²) in [7, 11) is 0. The Balaban J connectivity index is 1.52. The molecule has 0 radical (unpaired) electrons. The Labute approximate surface area is 233 Å². The molecule has 0 aliphatic rings. The fourth-order valence-electron chi connectivity index (χ4n) is 4.40. The van der Waals surface area contributed by atoms with Gasteiger partial charge < -0.3 is 4.74 Å². The monoisotopic (exact) mass is 544 g/mol. The zero-order chi connectivity index (χ0) is 28.3. The van der Waals surface area contributed by atoms with E-state index < -0.39 is 11.5 Å². The van der Waals surface area contributed by atoms with Crippen LogP contribution in [0.25, 0.3) is 33.6 Å². The highest BCUT2D eigenvalue weighted by atomic mass is 16.5. The second kappa shape index (κ2) is 10.8. The Kier molecular flexibility index (Phi) is 6.74. The normalized spacial score (nSPS) is 11.6. The predicted molar refractivity (Wildman–Crippen MR) is 153 cm³/mol. The van der Waals surface area contributed by atoms with Crippen LogP contribution in [0.1, 0.15) is 23.0 Å². The molecule has 6 aromatic rings. The second-order valence-electron chi connectivity index (χ2n) is 9.05. The fourth-order valence-corrected chi connectivity index (χ4v) is 4.40. The highest BCUT2D eigenvalue weighted by Gasteiger charge is 2.19. The van der Waals surface area contributed by atoms with E-state index in [0.717, 1.165) is 11.3 Å². The molecule has 0 aliphatic carbocycles. The van der Waals surface area contributed by atoms with E-state index in [1.807, 2.05) is 60.7 Å². The maximum absolute atomic E-state index is 13.5. The minimum Gasteiger partial charge on any atom is -0.462 e. The van der Waals surface area contributed by atoms with Crippen LogP contribution in [0.15, 0.2) is 101 Å². The summed E-state index contributed by atoms with van der Waals surface area (Å²) in [6, 6.07) is 25.9. The van der Waals surface area contributed by atoms with Gasteiger partial charge in [0.2, 0.25) is 0 Å². The summed E-state index contributed by atoms with van der Waals surface area (Å²) in [5.41, 5.74) is 6.72. The number of carbonyl (C=O) groups is 1. The van der Waals surface area contributed by atoms with Gasteiger partial charge in [0, 0.05) is 5.56 Å². The SMILES string of the molecule is CCOC(=O)c1ccc(N/N=c2/c(C)nn3cnc4c(c(-c5ccccc5)nn4-c4ccccc4)c3nc2=O)cc1. The molecule has 41 heavy (non-hydrogen) atoms. The molecule has 0 aliphatic heterocycles. The van der Waals surface area contributed by atoms with E-state index in [2.05, 4.69) is 25.6 Å². The first-order chi connectivity index (χ1) is 20.0. The minimum absolute atomic E-state index is 0.0352. The van der Waals surface area contributed by atoms with Gasteiger partial charge in [-0.05, 0) is 50.2 Å². The highest BCUT2D eigenvalue weighted by Crippen LogP contribution is 2.30. The molecule has 6 rings (SSSR count). The summed E-state index contributed by atoms with van der Waals surface area (Å²) >= 11 is 0. The van der Waals surface area contributed by atoms with Crippen molar-refractivity contribution in [2.24, 2.45) is 5.10 Å². The number of para-hydroxylation sites is 1. The van der Waals surface area contributed by atoms with Crippen LogP contribution in [0, 0.1) is 6.92 Å². The number of hydrogen-bond donors (Lipinski definition) is 1. The Morgan fingerprint density at radius 1 is 0.927 bits per heavy atom. The zero-order valence-electron chi connectivity index (χ0n) is 22.2. The average Bonchev–Trinajstić information content (AvgIpc) is 3.34. The zero-order valence-corrected chi connectivity index (χ0v) is 22.2. The van der Waals surface area contributed by atoms with Crippen molar-refractivity contribution in [3.05, 3.63) is 118 Å². The van der Waals surface area contributed by atoms with Crippen LogP contribution in [0.4, 0.5) is 5.69 Å². The van der Waals surface area contributed by atoms with Gasteiger partial charge in [-0.25, -0.2) is 19.0 Å². The minimum atomic E-state index is -0.577. The topological polar surface area (TPSA) is 129 Å². The highest BCUT2D eigenvalue weighted by molar-refractivity contribution is 6.01. The lowest BCUT2D eigenvalue weighted by Crippen LogP contribution is -2.29. The number of hydrogen-bond acceptors (Lipinski definition) is 9. The molecule has 3 aromatic heterocycles.